The summed E-state index contributed by atoms with van der Waals surface area (Å²) in [7, 11) is -3.62. The second-order valence-corrected chi connectivity index (χ2v) is 10.2. The maximum absolute atomic E-state index is 12.6. The zero-order valence-electron chi connectivity index (χ0n) is 16.9. The molecule has 8 heteroatoms. The lowest BCUT2D eigenvalue weighted by atomic mass is 10.2. The van der Waals surface area contributed by atoms with E-state index in [9.17, 15) is 13.2 Å². The minimum absolute atomic E-state index is 0.177. The molecule has 0 radical (unpaired) electrons. The molecule has 6 nitrogen and oxygen atoms in total. The van der Waals surface area contributed by atoms with Crippen LogP contribution in [0.1, 0.15) is 38.3 Å². The minimum atomic E-state index is -3.62. The Balaban J connectivity index is 1.74. The molecule has 0 saturated heterocycles. The number of carbonyl (C=O) groups is 1. The molecule has 0 fully saturated rings. The van der Waals surface area contributed by atoms with Gasteiger partial charge in [0.05, 0.1) is 4.90 Å². The Hall–Kier alpha value is -2.32. The van der Waals surface area contributed by atoms with Gasteiger partial charge in [0, 0.05) is 21.4 Å². The van der Waals surface area contributed by atoms with Gasteiger partial charge >= 0.3 is 0 Å². The van der Waals surface area contributed by atoms with Crippen molar-refractivity contribution in [2.75, 3.05) is 5.32 Å². The molecule has 1 heterocycles. The van der Waals surface area contributed by atoms with Gasteiger partial charge in [0.1, 0.15) is 11.9 Å². The minimum Gasteiger partial charge on any atom is -0.324 e. The number of carbonyl (C=O) groups excluding carboxylic acids is 1. The normalized spacial score (nSPS) is 18.0. The number of rotatable bonds is 6. The molecular formula is C21H25N3O3S2. The Morgan fingerprint density at radius 2 is 1.93 bits per heavy atom. The van der Waals surface area contributed by atoms with Crippen LogP contribution in [0.2, 0.25) is 0 Å². The van der Waals surface area contributed by atoms with Crippen molar-refractivity contribution in [3.8, 4) is 0 Å². The third-order valence-corrected chi connectivity index (χ3v) is 7.39. The number of nitrogens with one attached hydrogen (secondary N) is 2. The van der Waals surface area contributed by atoms with Crippen LogP contribution in [0.15, 0.2) is 57.2 Å². The van der Waals surface area contributed by atoms with Crippen LogP contribution in [0.3, 0.4) is 0 Å². The maximum atomic E-state index is 12.6. The average molecular weight is 432 g/mol. The van der Waals surface area contributed by atoms with Gasteiger partial charge in [0.15, 0.2) is 0 Å². The van der Waals surface area contributed by atoms with Crippen molar-refractivity contribution in [1.82, 2.24) is 4.72 Å². The molecule has 2 aromatic carbocycles. The number of hydrogen-bond donors (Lipinski definition) is 2. The van der Waals surface area contributed by atoms with E-state index in [2.05, 4.69) is 34.9 Å². The lowest BCUT2D eigenvalue weighted by molar-refractivity contribution is -0.117. The summed E-state index contributed by atoms with van der Waals surface area (Å²) in [6.45, 7) is 7.94. The van der Waals surface area contributed by atoms with E-state index in [0.29, 0.717) is 10.8 Å². The van der Waals surface area contributed by atoms with Crippen molar-refractivity contribution in [1.29, 1.82) is 0 Å². The Kier molecular flexibility index (Phi) is 6.33. The van der Waals surface area contributed by atoms with Gasteiger partial charge in [0.2, 0.25) is 5.91 Å². The molecule has 2 aromatic rings. The summed E-state index contributed by atoms with van der Waals surface area (Å²) in [6, 6.07) is 11.8. The molecular weight excluding hydrogens is 406 g/mol. The highest BCUT2D eigenvalue weighted by Crippen LogP contribution is 2.28. The zero-order valence-corrected chi connectivity index (χ0v) is 18.5. The van der Waals surface area contributed by atoms with Crippen LogP contribution in [0, 0.1) is 6.92 Å². The van der Waals surface area contributed by atoms with Gasteiger partial charge in [0.25, 0.3) is 10.0 Å². The van der Waals surface area contributed by atoms with Crippen LogP contribution >= 0.6 is 11.8 Å². The van der Waals surface area contributed by atoms with Crippen LogP contribution in [0.25, 0.3) is 0 Å². The first kappa shape index (κ1) is 21.4. The molecule has 0 aliphatic carbocycles. The van der Waals surface area contributed by atoms with E-state index in [4.69, 9.17) is 0 Å². The second-order valence-electron chi connectivity index (χ2n) is 7.06. The third-order valence-electron chi connectivity index (χ3n) is 4.73. The van der Waals surface area contributed by atoms with Gasteiger partial charge in [-0.1, -0.05) is 26.0 Å². The third kappa shape index (κ3) is 4.82. The van der Waals surface area contributed by atoms with E-state index >= 15 is 0 Å². The number of hydrogen-bond acceptors (Lipinski definition) is 5. The number of nitrogens with zero attached hydrogens (tertiary/aromatic N) is 1. The summed E-state index contributed by atoms with van der Waals surface area (Å²) in [6.07, 6.45) is 1.09. The van der Waals surface area contributed by atoms with Crippen molar-refractivity contribution in [3.63, 3.8) is 0 Å². The SMILES string of the molecule is CCC(C)Sc1ccc(NC(=O)[C@H](C)N=C2NS(=O)(=O)c3ccccc32)c(C)c1. The largest absolute Gasteiger partial charge is 0.324 e. The highest BCUT2D eigenvalue weighted by atomic mass is 32.2. The van der Waals surface area contributed by atoms with Gasteiger partial charge in [-0.2, -0.15) is 0 Å². The summed E-state index contributed by atoms with van der Waals surface area (Å²) < 4.78 is 26.8. The van der Waals surface area contributed by atoms with Crippen LogP contribution in [-0.4, -0.2) is 31.5 Å². The van der Waals surface area contributed by atoms with Gasteiger partial charge in [-0.05, 0) is 56.2 Å². The number of fused-ring (bicyclic) bond motifs is 1. The number of benzene rings is 2. The highest BCUT2D eigenvalue weighted by Gasteiger charge is 2.31. The predicted molar refractivity (Wildman–Crippen MR) is 118 cm³/mol. The Labute approximate surface area is 176 Å². The topological polar surface area (TPSA) is 87.6 Å². The number of aryl methyl sites for hydroxylation is 1. The predicted octanol–water partition coefficient (Wildman–Crippen LogP) is 3.95. The number of thioether (sulfide) groups is 1. The zero-order chi connectivity index (χ0) is 21.2. The van der Waals surface area contributed by atoms with Crippen LogP contribution in [0.5, 0.6) is 0 Å². The summed E-state index contributed by atoms with van der Waals surface area (Å²) in [5, 5.41) is 3.42. The van der Waals surface area contributed by atoms with E-state index in [1.54, 1.807) is 36.9 Å². The van der Waals surface area contributed by atoms with Gasteiger partial charge < -0.3 is 5.32 Å². The molecule has 0 aromatic heterocycles. The van der Waals surface area contributed by atoms with Crippen molar-refractivity contribution in [3.05, 3.63) is 53.6 Å². The summed E-state index contributed by atoms with van der Waals surface area (Å²) in [5.41, 5.74) is 2.18. The number of sulfonamides is 1. The molecule has 0 bridgehead atoms. The van der Waals surface area contributed by atoms with E-state index < -0.39 is 16.1 Å². The molecule has 3 rings (SSSR count). The van der Waals surface area contributed by atoms with E-state index in [0.717, 1.165) is 17.7 Å². The first-order valence-corrected chi connectivity index (χ1v) is 11.9. The van der Waals surface area contributed by atoms with E-state index in [-0.39, 0.29) is 16.6 Å². The van der Waals surface area contributed by atoms with Crippen LogP contribution < -0.4 is 10.0 Å². The average Bonchev–Trinajstić information content (AvgIpc) is 2.94. The number of aliphatic imine (C=N–C) groups is 1. The molecule has 0 spiro atoms. The molecule has 1 aliphatic rings. The van der Waals surface area contributed by atoms with Crippen molar-refractivity contribution in [2.45, 2.75) is 55.2 Å². The quantitative estimate of drug-likeness (QED) is 0.678. The van der Waals surface area contributed by atoms with Gasteiger partial charge in [-0.25, -0.2) is 8.42 Å². The molecule has 0 saturated carbocycles. The monoisotopic (exact) mass is 431 g/mol. The standard InChI is InChI=1S/C21H25N3O3S2/c1-5-14(3)28-16-10-11-18(13(2)12-16)23-21(25)15(4)22-20-17-8-6-7-9-19(17)29(26,27)24-20/h6-12,14-15H,5H2,1-4H3,(H,22,24)(H,23,25)/t14?,15-/m0/s1. The Bertz CT molecular complexity index is 1060. The summed E-state index contributed by atoms with van der Waals surface area (Å²) >= 11 is 1.81. The second kappa shape index (κ2) is 8.59. The van der Waals surface area contributed by atoms with Gasteiger partial charge in [-0.15, -0.1) is 11.8 Å². The highest BCUT2D eigenvalue weighted by molar-refractivity contribution is 8.00. The van der Waals surface area contributed by atoms with Crippen molar-refractivity contribution >= 4 is 39.2 Å². The van der Waals surface area contributed by atoms with Crippen LogP contribution in [-0.2, 0) is 14.8 Å². The molecule has 2 atom stereocenters. The lowest BCUT2D eigenvalue weighted by Crippen LogP contribution is -2.29. The van der Waals surface area contributed by atoms with Crippen LogP contribution in [0.4, 0.5) is 5.69 Å². The summed E-state index contributed by atoms with van der Waals surface area (Å²) in [5.74, 6) is -0.105. The molecule has 154 valence electrons. The van der Waals surface area contributed by atoms with Crippen molar-refractivity contribution < 1.29 is 13.2 Å². The van der Waals surface area contributed by atoms with Gasteiger partial charge in [-0.3, -0.25) is 14.5 Å². The molecule has 1 unspecified atom stereocenters. The smallest absolute Gasteiger partial charge is 0.263 e. The fraction of sp³-hybridized carbons (Fsp3) is 0.333. The number of amidine groups is 1. The molecule has 29 heavy (non-hydrogen) atoms. The molecule has 2 N–H and O–H groups in total. The summed E-state index contributed by atoms with van der Waals surface area (Å²) in [4.78, 5) is 18.3. The number of anilines is 1. The first-order valence-electron chi connectivity index (χ1n) is 9.49. The molecule has 1 aliphatic heterocycles. The fourth-order valence-corrected chi connectivity index (χ4v) is 5.15. The van der Waals surface area contributed by atoms with Crippen molar-refractivity contribution in [2.24, 2.45) is 4.99 Å². The Morgan fingerprint density at radius 1 is 1.21 bits per heavy atom. The lowest BCUT2D eigenvalue weighted by Gasteiger charge is -2.14. The fourth-order valence-electron chi connectivity index (χ4n) is 2.88. The maximum Gasteiger partial charge on any atom is 0.263 e. The van der Waals surface area contributed by atoms with E-state index in [1.807, 2.05) is 19.1 Å². The Morgan fingerprint density at radius 3 is 2.62 bits per heavy atom. The first-order chi connectivity index (χ1) is 13.7. The molecule has 1 amide bonds. The number of amides is 1. The van der Waals surface area contributed by atoms with E-state index in [1.165, 1.54) is 11.0 Å².